The van der Waals surface area contributed by atoms with Crippen molar-refractivity contribution in [2.24, 2.45) is 5.92 Å². The molecule has 1 aliphatic heterocycles. The Kier molecular flexibility index (Phi) is 6.99. The van der Waals surface area contributed by atoms with E-state index in [-0.39, 0.29) is 11.7 Å². The molecule has 1 fully saturated rings. The highest BCUT2D eigenvalue weighted by molar-refractivity contribution is 7.99. The summed E-state index contributed by atoms with van der Waals surface area (Å²) in [5.41, 5.74) is 3.67. The van der Waals surface area contributed by atoms with Gasteiger partial charge in [-0.1, -0.05) is 30.8 Å². The Balaban J connectivity index is 1.34. The molecule has 2 aliphatic rings. The fourth-order valence-electron chi connectivity index (χ4n) is 4.28. The molecular formula is C28H30N2O4S2. The van der Waals surface area contributed by atoms with Gasteiger partial charge in [0.2, 0.25) is 0 Å². The molecule has 188 valence electrons. The number of hydrogen-bond acceptors (Lipinski definition) is 6. The number of rotatable bonds is 9. The van der Waals surface area contributed by atoms with E-state index in [4.69, 9.17) is 4.74 Å². The zero-order chi connectivity index (χ0) is 25.3. The Morgan fingerprint density at radius 3 is 2.47 bits per heavy atom. The number of fused-ring (bicyclic) bond motifs is 2. The minimum Gasteiger partial charge on any atom is -0.494 e. The van der Waals surface area contributed by atoms with Gasteiger partial charge in [0.05, 0.1) is 28.6 Å². The topological polar surface area (TPSA) is 75.7 Å². The van der Waals surface area contributed by atoms with Crippen molar-refractivity contribution in [1.29, 1.82) is 0 Å². The number of amides is 1. The number of carbonyl (C=O) groups is 1. The Bertz CT molecular complexity index is 1380. The SMILES string of the molecule is CCOc1ccc2c(c1)Sc1ccc(C(=O)NCc3ccc(S(=O)(=O)CC)cc3)cc1N2CC1CC1. The van der Waals surface area contributed by atoms with Crippen LogP contribution < -0.4 is 15.0 Å². The number of sulfone groups is 1. The summed E-state index contributed by atoms with van der Waals surface area (Å²) >= 11 is 1.71. The Morgan fingerprint density at radius 1 is 1.00 bits per heavy atom. The van der Waals surface area contributed by atoms with Gasteiger partial charge in [-0.2, -0.15) is 0 Å². The lowest BCUT2D eigenvalue weighted by molar-refractivity contribution is 0.0951. The van der Waals surface area contributed by atoms with E-state index in [9.17, 15) is 13.2 Å². The maximum atomic E-state index is 13.0. The van der Waals surface area contributed by atoms with E-state index in [1.54, 1.807) is 43.0 Å². The average molecular weight is 523 g/mol. The summed E-state index contributed by atoms with van der Waals surface area (Å²) in [4.78, 5) is 18.0. The smallest absolute Gasteiger partial charge is 0.251 e. The standard InChI is InChI=1S/C28H30N2O4S2/c1-3-34-22-10-13-24-27(16-22)35-26-14-9-21(15-25(26)30(24)18-20-5-6-20)28(31)29-17-19-7-11-23(12-8-19)36(32,33)4-2/h7-16,20H,3-6,17-18H2,1-2H3,(H,29,31). The predicted molar refractivity (Wildman–Crippen MR) is 143 cm³/mol. The van der Waals surface area contributed by atoms with Gasteiger partial charge in [0.1, 0.15) is 5.75 Å². The molecule has 1 amide bonds. The molecular weight excluding hydrogens is 492 g/mol. The van der Waals surface area contributed by atoms with Crippen molar-refractivity contribution in [3.63, 3.8) is 0 Å². The van der Waals surface area contributed by atoms with E-state index in [1.165, 1.54) is 17.7 Å². The van der Waals surface area contributed by atoms with E-state index in [1.807, 2.05) is 31.2 Å². The lowest BCUT2D eigenvalue weighted by Crippen LogP contribution is -2.26. The Morgan fingerprint density at radius 2 is 1.78 bits per heavy atom. The molecule has 36 heavy (non-hydrogen) atoms. The number of carbonyl (C=O) groups excluding carboxylic acids is 1. The fourth-order valence-corrected chi connectivity index (χ4v) is 6.27. The van der Waals surface area contributed by atoms with Crippen molar-refractivity contribution in [2.75, 3.05) is 23.8 Å². The molecule has 3 aromatic rings. The highest BCUT2D eigenvalue weighted by atomic mass is 32.2. The molecule has 0 spiro atoms. The third-order valence-electron chi connectivity index (χ3n) is 6.52. The van der Waals surface area contributed by atoms with E-state index >= 15 is 0 Å². The van der Waals surface area contributed by atoms with Crippen molar-refractivity contribution in [1.82, 2.24) is 5.32 Å². The first-order valence-electron chi connectivity index (χ1n) is 12.3. The van der Waals surface area contributed by atoms with Crippen LogP contribution in [0.1, 0.15) is 42.6 Å². The van der Waals surface area contributed by atoms with E-state index in [0.29, 0.717) is 29.5 Å². The largest absolute Gasteiger partial charge is 0.494 e. The van der Waals surface area contributed by atoms with Crippen LogP contribution in [0.4, 0.5) is 11.4 Å². The summed E-state index contributed by atoms with van der Waals surface area (Å²) in [7, 11) is -3.24. The van der Waals surface area contributed by atoms with Crippen LogP contribution in [-0.2, 0) is 16.4 Å². The van der Waals surface area contributed by atoms with E-state index in [2.05, 4.69) is 22.3 Å². The molecule has 0 atom stereocenters. The number of ether oxygens (including phenoxy) is 1. The molecule has 1 heterocycles. The maximum Gasteiger partial charge on any atom is 0.251 e. The van der Waals surface area contributed by atoms with Crippen LogP contribution in [0.2, 0.25) is 0 Å². The number of nitrogens with one attached hydrogen (secondary N) is 1. The van der Waals surface area contributed by atoms with Crippen molar-refractivity contribution < 1.29 is 17.9 Å². The first-order valence-corrected chi connectivity index (χ1v) is 14.8. The van der Waals surface area contributed by atoms with Gasteiger partial charge in [0.25, 0.3) is 5.91 Å². The Labute approximate surface area is 217 Å². The highest BCUT2D eigenvalue weighted by Crippen LogP contribution is 2.50. The van der Waals surface area contributed by atoms with Gasteiger partial charge < -0.3 is 15.0 Å². The van der Waals surface area contributed by atoms with Gasteiger partial charge in [-0.15, -0.1) is 0 Å². The molecule has 0 saturated heterocycles. The number of nitrogens with zero attached hydrogens (tertiary/aromatic N) is 1. The van der Waals surface area contributed by atoms with Crippen LogP contribution in [0.15, 0.2) is 75.4 Å². The van der Waals surface area contributed by atoms with Gasteiger partial charge in [0, 0.05) is 28.4 Å². The van der Waals surface area contributed by atoms with Gasteiger partial charge in [0.15, 0.2) is 9.84 Å². The summed E-state index contributed by atoms with van der Waals surface area (Å²) in [6.45, 7) is 5.51. The molecule has 5 rings (SSSR count). The van der Waals surface area contributed by atoms with Crippen LogP contribution in [0, 0.1) is 5.92 Å². The van der Waals surface area contributed by atoms with Crippen molar-refractivity contribution in [3.05, 3.63) is 71.8 Å². The van der Waals surface area contributed by atoms with Crippen molar-refractivity contribution in [2.45, 2.75) is 47.9 Å². The lowest BCUT2D eigenvalue weighted by Gasteiger charge is -2.33. The van der Waals surface area contributed by atoms with Gasteiger partial charge >= 0.3 is 0 Å². The minimum atomic E-state index is -3.24. The van der Waals surface area contributed by atoms with Crippen LogP contribution in [0.3, 0.4) is 0 Å². The molecule has 0 aromatic heterocycles. The summed E-state index contributed by atoms with van der Waals surface area (Å²) in [5, 5.41) is 2.97. The van der Waals surface area contributed by atoms with Gasteiger partial charge in [-0.3, -0.25) is 4.79 Å². The highest BCUT2D eigenvalue weighted by Gasteiger charge is 2.31. The second-order valence-corrected chi connectivity index (χ2v) is 12.5. The van der Waals surface area contributed by atoms with Gasteiger partial charge in [-0.05, 0) is 79.8 Å². The minimum absolute atomic E-state index is 0.0651. The third-order valence-corrected chi connectivity index (χ3v) is 9.38. The maximum absolute atomic E-state index is 13.0. The molecule has 3 aromatic carbocycles. The normalized spacial score (nSPS) is 14.7. The molecule has 0 radical (unpaired) electrons. The summed E-state index contributed by atoms with van der Waals surface area (Å²) < 4.78 is 29.8. The third kappa shape index (κ3) is 5.25. The quantitative estimate of drug-likeness (QED) is 0.382. The molecule has 6 nitrogen and oxygen atoms in total. The average Bonchev–Trinajstić information content (AvgIpc) is 3.71. The van der Waals surface area contributed by atoms with Crippen LogP contribution in [0.5, 0.6) is 5.75 Å². The number of anilines is 2. The monoisotopic (exact) mass is 522 g/mol. The second kappa shape index (κ2) is 10.2. The fraction of sp³-hybridized carbons (Fsp3) is 0.321. The second-order valence-electron chi connectivity index (χ2n) is 9.13. The summed E-state index contributed by atoms with van der Waals surface area (Å²) in [6, 6.07) is 18.8. The molecule has 8 heteroatoms. The lowest BCUT2D eigenvalue weighted by atomic mass is 10.1. The zero-order valence-electron chi connectivity index (χ0n) is 20.5. The van der Waals surface area contributed by atoms with E-state index < -0.39 is 9.84 Å². The van der Waals surface area contributed by atoms with Crippen molar-refractivity contribution in [3.8, 4) is 5.75 Å². The summed E-state index contributed by atoms with van der Waals surface area (Å²) in [6.07, 6.45) is 2.48. The zero-order valence-corrected chi connectivity index (χ0v) is 22.1. The van der Waals surface area contributed by atoms with Gasteiger partial charge in [-0.25, -0.2) is 8.42 Å². The van der Waals surface area contributed by atoms with Crippen LogP contribution in [-0.4, -0.2) is 33.2 Å². The molecule has 1 aliphatic carbocycles. The molecule has 1 saturated carbocycles. The first-order chi connectivity index (χ1) is 17.4. The van der Waals surface area contributed by atoms with Crippen molar-refractivity contribution >= 4 is 38.9 Å². The Hall–Kier alpha value is -2.97. The molecule has 1 N–H and O–H groups in total. The first kappa shape index (κ1) is 24.7. The van der Waals surface area contributed by atoms with Crippen LogP contribution in [0.25, 0.3) is 0 Å². The molecule has 0 unspecified atom stereocenters. The summed E-state index contributed by atoms with van der Waals surface area (Å²) in [5.74, 6) is 1.46. The van der Waals surface area contributed by atoms with Crippen LogP contribution >= 0.6 is 11.8 Å². The number of benzene rings is 3. The molecule has 0 bridgehead atoms. The number of hydrogen-bond donors (Lipinski definition) is 1. The predicted octanol–water partition coefficient (Wildman–Crippen LogP) is 5.82. The van der Waals surface area contributed by atoms with E-state index in [0.717, 1.165) is 34.1 Å².